The number of likely N-dealkylation sites (tertiary alicyclic amines) is 1. The fraction of sp³-hybridized carbons (Fsp3) is 0.474. The zero-order valence-corrected chi connectivity index (χ0v) is 15.5. The van der Waals surface area contributed by atoms with Gasteiger partial charge in [-0.3, -0.25) is 9.48 Å². The average Bonchev–Trinajstić information content (AvgIpc) is 3.01. The van der Waals surface area contributed by atoms with E-state index in [0.717, 1.165) is 17.0 Å². The first-order valence-electron chi connectivity index (χ1n) is 8.72. The Balaban J connectivity index is 1.78. The van der Waals surface area contributed by atoms with E-state index in [2.05, 4.69) is 10.4 Å². The summed E-state index contributed by atoms with van der Waals surface area (Å²) in [5.41, 5.74) is 3.47. The van der Waals surface area contributed by atoms with E-state index in [4.69, 9.17) is 0 Å². The summed E-state index contributed by atoms with van der Waals surface area (Å²) >= 11 is 0. The van der Waals surface area contributed by atoms with Crippen molar-refractivity contribution in [2.24, 2.45) is 7.05 Å². The number of rotatable bonds is 5. The summed E-state index contributed by atoms with van der Waals surface area (Å²) in [6.07, 6.45) is -0.492. The van der Waals surface area contributed by atoms with Crippen LogP contribution in [-0.4, -0.2) is 45.3 Å². The summed E-state index contributed by atoms with van der Waals surface area (Å²) in [6.45, 7) is 4.17. The highest BCUT2D eigenvalue weighted by Crippen LogP contribution is 2.35. The zero-order valence-electron chi connectivity index (χ0n) is 15.5. The van der Waals surface area contributed by atoms with E-state index in [9.17, 15) is 14.3 Å². The fourth-order valence-corrected chi connectivity index (χ4v) is 3.76. The Morgan fingerprint density at radius 1 is 1.38 bits per heavy atom. The molecule has 0 spiro atoms. The smallest absolute Gasteiger partial charge is 0.224 e. The van der Waals surface area contributed by atoms with Crippen molar-refractivity contribution in [1.82, 2.24) is 20.0 Å². The predicted octanol–water partition coefficient (Wildman–Crippen LogP) is 1.77. The average molecular weight is 360 g/mol. The third kappa shape index (κ3) is 3.37. The maximum Gasteiger partial charge on any atom is 0.224 e. The Labute approximate surface area is 152 Å². The van der Waals surface area contributed by atoms with Crippen molar-refractivity contribution in [1.29, 1.82) is 0 Å². The molecule has 0 bridgehead atoms. The molecule has 1 aliphatic heterocycles. The van der Waals surface area contributed by atoms with Crippen LogP contribution in [0.15, 0.2) is 24.3 Å². The Hall–Kier alpha value is -2.25. The quantitative estimate of drug-likeness (QED) is 0.853. The van der Waals surface area contributed by atoms with Gasteiger partial charge >= 0.3 is 0 Å². The van der Waals surface area contributed by atoms with Crippen molar-refractivity contribution in [3.8, 4) is 0 Å². The Bertz CT molecular complexity index is 820. The van der Waals surface area contributed by atoms with Gasteiger partial charge in [-0.05, 0) is 31.5 Å². The van der Waals surface area contributed by atoms with Gasteiger partial charge in [0.25, 0.3) is 0 Å². The van der Waals surface area contributed by atoms with Gasteiger partial charge in [-0.15, -0.1) is 0 Å². The van der Waals surface area contributed by atoms with Gasteiger partial charge in [0.05, 0.1) is 17.8 Å². The number of aliphatic hydroxyl groups excluding tert-OH is 1. The fourth-order valence-electron chi connectivity index (χ4n) is 3.76. The highest BCUT2D eigenvalue weighted by molar-refractivity contribution is 5.80. The van der Waals surface area contributed by atoms with Gasteiger partial charge in [-0.25, -0.2) is 4.39 Å². The summed E-state index contributed by atoms with van der Waals surface area (Å²) in [4.78, 5) is 14.0. The SMILES string of the molecule is Cc1nn(C)c(C)c1[C@H]1[C@H](NC[C@@H](O)c2cccc(F)c2)CC(=O)N1C. The molecule has 3 atom stereocenters. The summed E-state index contributed by atoms with van der Waals surface area (Å²) < 4.78 is 15.2. The molecule has 1 saturated heterocycles. The monoisotopic (exact) mass is 360 g/mol. The Morgan fingerprint density at radius 2 is 2.12 bits per heavy atom. The molecule has 140 valence electrons. The van der Waals surface area contributed by atoms with E-state index in [1.54, 1.807) is 24.1 Å². The number of amides is 1. The van der Waals surface area contributed by atoms with Crippen molar-refractivity contribution < 1.29 is 14.3 Å². The molecular formula is C19H25FN4O2. The minimum Gasteiger partial charge on any atom is -0.387 e. The van der Waals surface area contributed by atoms with Crippen molar-refractivity contribution in [2.45, 2.75) is 38.5 Å². The molecule has 3 rings (SSSR count). The van der Waals surface area contributed by atoms with Crippen LogP contribution >= 0.6 is 0 Å². The van der Waals surface area contributed by atoms with E-state index >= 15 is 0 Å². The first kappa shape index (κ1) is 18.5. The standard InChI is InChI=1S/C19H25FN4O2/c1-11-18(12(2)24(4)22-11)19-15(9-17(26)23(19)3)21-10-16(25)13-6-5-7-14(20)8-13/h5-8,15-16,19,21,25H,9-10H2,1-4H3/t15-,16-,19-/m1/s1. The van der Waals surface area contributed by atoms with Crippen molar-refractivity contribution in [3.63, 3.8) is 0 Å². The lowest BCUT2D eigenvalue weighted by Gasteiger charge is -2.27. The van der Waals surface area contributed by atoms with E-state index in [0.29, 0.717) is 12.0 Å². The Kier molecular flexibility index (Phi) is 5.11. The summed E-state index contributed by atoms with van der Waals surface area (Å²) in [6, 6.07) is 5.65. The molecule has 1 aliphatic rings. The number of hydrogen-bond acceptors (Lipinski definition) is 4. The maximum atomic E-state index is 13.4. The molecule has 1 aromatic carbocycles. The van der Waals surface area contributed by atoms with Crippen LogP contribution < -0.4 is 5.32 Å². The number of nitrogens with zero attached hydrogens (tertiary/aromatic N) is 3. The van der Waals surface area contributed by atoms with Crippen LogP contribution in [0, 0.1) is 19.7 Å². The summed E-state index contributed by atoms with van der Waals surface area (Å²) in [5.74, 6) is -0.327. The predicted molar refractivity (Wildman–Crippen MR) is 96.0 cm³/mol. The lowest BCUT2D eigenvalue weighted by molar-refractivity contribution is -0.127. The van der Waals surface area contributed by atoms with Crippen molar-refractivity contribution >= 4 is 5.91 Å². The molecule has 2 N–H and O–H groups in total. The van der Waals surface area contributed by atoms with E-state index in [1.165, 1.54) is 12.1 Å². The zero-order chi connectivity index (χ0) is 19.0. The number of carbonyl (C=O) groups is 1. The van der Waals surface area contributed by atoms with Gasteiger partial charge in [0, 0.05) is 44.4 Å². The van der Waals surface area contributed by atoms with Gasteiger partial charge in [0.15, 0.2) is 0 Å². The third-order valence-electron chi connectivity index (χ3n) is 5.25. The third-order valence-corrected chi connectivity index (χ3v) is 5.25. The van der Waals surface area contributed by atoms with Gasteiger partial charge in [0.2, 0.25) is 5.91 Å². The molecule has 26 heavy (non-hydrogen) atoms. The van der Waals surface area contributed by atoms with Crippen LogP contribution in [0.2, 0.25) is 0 Å². The van der Waals surface area contributed by atoms with Crippen molar-refractivity contribution in [2.75, 3.05) is 13.6 Å². The van der Waals surface area contributed by atoms with Crippen LogP contribution in [0.25, 0.3) is 0 Å². The number of halogens is 1. The van der Waals surface area contributed by atoms with E-state index < -0.39 is 6.10 Å². The number of hydrogen-bond donors (Lipinski definition) is 2. The molecule has 0 saturated carbocycles. The summed E-state index contributed by atoms with van der Waals surface area (Å²) in [7, 11) is 3.68. The van der Waals surface area contributed by atoms with Gasteiger partial charge in [0.1, 0.15) is 5.82 Å². The summed E-state index contributed by atoms with van der Waals surface area (Å²) in [5, 5.41) is 18.1. The van der Waals surface area contributed by atoms with Crippen LogP contribution in [-0.2, 0) is 11.8 Å². The van der Waals surface area contributed by atoms with Crippen molar-refractivity contribution in [3.05, 3.63) is 52.6 Å². The number of aryl methyl sites for hydroxylation is 2. The van der Waals surface area contributed by atoms with Crippen LogP contribution in [0.1, 0.15) is 41.1 Å². The molecular weight excluding hydrogens is 335 g/mol. The van der Waals surface area contributed by atoms with Crippen LogP contribution in [0.3, 0.4) is 0 Å². The number of nitrogens with one attached hydrogen (secondary N) is 1. The number of benzene rings is 1. The second kappa shape index (κ2) is 7.17. The number of likely N-dealkylation sites (N-methyl/N-ethyl adjacent to an activating group) is 1. The van der Waals surface area contributed by atoms with Crippen LogP contribution in [0.4, 0.5) is 4.39 Å². The van der Waals surface area contributed by atoms with Gasteiger partial charge in [-0.2, -0.15) is 5.10 Å². The van der Waals surface area contributed by atoms with Gasteiger partial charge in [-0.1, -0.05) is 12.1 Å². The minimum absolute atomic E-state index is 0.0513. The second-order valence-corrected chi connectivity index (χ2v) is 6.95. The van der Waals surface area contributed by atoms with Crippen LogP contribution in [0.5, 0.6) is 0 Å². The number of aromatic nitrogens is 2. The first-order valence-corrected chi connectivity index (χ1v) is 8.72. The van der Waals surface area contributed by atoms with E-state index in [1.807, 2.05) is 25.6 Å². The maximum absolute atomic E-state index is 13.4. The molecule has 2 heterocycles. The number of aliphatic hydroxyl groups is 1. The molecule has 1 amide bonds. The highest BCUT2D eigenvalue weighted by atomic mass is 19.1. The number of carbonyl (C=O) groups excluding carboxylic acids is 1. The molecule has 0 unspecified atom stereocenters. The molecule has 1 aromatic heterocycles. The lowest BCUT2D eigenvalue weighted by atomic mass is 9.98. The van der Waals surface area contributed by atoms with Gasteiger partial charge < -0.3 is 15.3 Å². The normalized spacial score (nSPS) is 21.5. The second-order valence-electron chi connectivity index (χ2n) is 6.95. The highest BCUT2D eigenvalue weighted by Gasteiger charge is 2.41. The first-order chi connectivity index (χ1) is 12.3. The molecule has 1 fully saturated rings. The molecule has 6 nitrogen and oxygen atoms in total. The molecule has 7 heteroatoms. The topological polar surface area (TPSA) is 70.4 Å². The Morgan fingerprint density at radius 3 is 2.73 bits per heavy atom. The molecule has 0 aliphatic carbocycles. The minimum atomic E-state index is -0.844. The van der Waals surface area contributed by atoms with E-state index in [-0.39, 0.29) is 30.4 Å². The molecule has 2 aromatic rings. The molecule has 0 radical (unpaired) electrons. The largest absolute Gasteiger partial charge is 0.387 e. The lowest BCUT2D eigenvalue weighted by Crippen LogP contribution is -2.38.